The van der Waals surface area contributed by atoms with Crippen molar-refractivity contribution in [3.8, 4) is 17.1 Å². The van der Waals surface area contributed by atoms with E-state index in [9.17, 15) is 9.18 Å². The number of benzene rings is 1. The van der Waals surface area contributed by atoms with Gasteiger partial charge in [-0.15, -0.1) is 0 Å². The Kier molecular flexibility index (Phi) is 2.40. The lowest BCUT2D eigenvalue weighted by Gasteiger charge is -2.08. The van der Waals surface area contributed by atoms with E-state index >= 15 is 0 Å². The van der Waals surface area contributed by atoms with Gasteiger partial charge in [0.15, 0.2) is 11.6 Å². The maximum atomic E-state index is 13.7. The Labute approximate surface area is 130 Å². The summed E-state index contributed by atoms with van der Waals surface area (Å²) >= 11 is 0. The van der Waals surface area contributed by atoms with E-state index < -0.39 is 0 Å². The van der Waals surface area contributed by atoms with Gasteiger partial charge in [-0.25, -0.2) is 19.0 Å². The van der Waals surface area contributed by atoms with E-state index in [2.05, 4.69) is 15.1 Å². The van der Waals surface area contributed by atoms with Crippen LogP contribution in [0.3, 0.4) is 0 Å². The highest BCUT2D eigenvalue weighted by atomic mass is 19.1. The summed E-state index contributed by atoms with van der Waals surface area (Å²) in [7, 11) is 0. The second-order valence-corrected chi connectivity index (χ2v) is 5.95. The van der Waals surface area contributed by atoms with Gasteiger partial charge in [-0.1, -0.05) is 0 Å². The molecule has 3 aromatic rings. The summed E-state index contributed by atoms with van der Waals surface area (Å²) in [5.41, 5.74) is 2.67. The van der Waals surface area contributed by atoms with Crippen LogP contribution >= 0.6 is 0 Å². The van der Waals surface area contributed by atoms with E-state index in [0.717, 1.165) is 24.2 Å². The Hall–Kier alpha value is -2.83. The van der Waals surface area contributed by atoms with Crippen LogP contribution in [-0.2, 0) is 6.54 Å². The van der Waals surface area contributed by atoms with Gasteiger partial charge in [0, 0.05) is 11.5 Å². The normalized spacial score (nSPS) is 15.5. The Balaban J connectivity index is 1.78. The van der Waals surface area contributed by atoms with Crippen molar-refractivity contribution in [3.63, 3.8) is 0 Å². The molecular weight excluding hydrogens is 297 g/mol. The van der Waals surface area contributed by atoms with Crippen LogP contribution in [0.4, 0.5) is 4.39 Å². The number of imidazole rings is 1. The monoisotopic (exact) mass is 309 g/mol. The number of halogens is 1. The van der Waals surface area contributed by atoms with Crippen LogP contribution < -0.4 is 0 Å². The maximum Gasteiger partial charge on any atom is 0.186 e. The number of ketones is 1. The summed E-state index contributed by atoms with van der Waals surface area (Å²) in [6.07, 6.45) is 4.94. The highest BCUT2D eigenvalue weighted by Gasteiger charge is 2.35. The molecule has 1 fully saturated rings. The Morgan fingerprint density at radius 1 is 1.26 bits per heavy atom. The van der Waals surface area contributed by atoms with E-state index in [1.807, 2.05) is 4.57 Å². The van der Waals surface area contributed by atoms with Gasteiger partial charge in [-0.3, -0.25) is 9.36 Å². The van der Waals surface area contributed by atoms with Crippen molar-refractivity contribution in [3.05, 3.63) is 48.1 Å². The number of carbonyl (C=O) groups excluding carboxylic acids is 1. The zero-order chi connectivity index (χ0) is 15.6. The molecule has 0 bridgehead atoms. The molecular formula is C16H12FN5O. The standard InChI is InChI=1S/C16H12FN5O/c17-10-3-4-12-11(5-10)16-18-7-20-22(16)6-13-14(19-8-21(12)13)15(23)9-1-2-9/h3-5,7-9H,1-2,6H2. The van der Waals surface area contributed by atoms with Crippen molar-refractivity contribution in [2.24, 2.45) is 5.92 Å². The third kappa shape index (κ3) is 1.79. The van der Waals surface area contributed by atoms with Gasteiger partial charge < -0.3 is 0 Å². The minimum absolute atomic E-state index is 0.0889. The summed E-state index contributed by atoms with van der Waals surface area (Å²) in [5, 5.41) is 4.22. The van der Waals surface area contributed by atoms with E-state index in [4.69, 9.17) is 0 Å². The van der Waals surface area contributed by atoms with Crippen LogP contribution in [0.5, 0.6) is 0 Å². The molecule has 0 spiro atoms. The van der Waals surface area contributed by atoms with E-state index in [1.165, 1.54) is 18.5 Å². The third-order valence-electron chi connectivity index (χ3n) is 4.42. The van der Waals surface area contributed by atoms with Crippen LogP contribution in [0.15, 0.2) is 30.9 Å². The lowest BCUT2D eigenvalue weighted by molar-refractivity contribution is 0.0962. The van der Waals surface area contributed by atoms with Gasteiger partial charge in [-0.2, -0.15) is 5.10 Å². The van der Waals surface area contributed by atoms with Crippen molar-refractivity contribution in [2.75, 3.05) is 0 Å². The van der Waals surface area contributed by atoms with Gasteiger partial charge in [0.2, 0.25) is 0 Å². The van der Waals surface area contributed by atoms with Crippen molar-refractivity contribution in [1.29, 1.82) is 0 Å². The smallest absolute Gasteiger partial charge is 0.186 e. The Bertz CT molecular complexity index is 953. The van der Waals surface area contributed by atoms with Gasteiger partial charge in [0.05, 0.1) is 17.9 Å². The number of Topliss-reactive ketones (excluding diaryl/α,β-unsaturated/α-hetero) is 1. The number of aromatic nitrogens is 5. The molecule has 1 aliphatic carbocycles. The fourth-order valence-electron chi connectivity index (χ4n) is 3.10. The highest BCUT2D eigenvalue weighted by Crippen LogP contribution is 2.36. The van der Waals surface area contributed by atoms with E-state index in [-0.39, 0.29) is 17.5 Å². The second-order valence-electron chi connectivity index (χ2n) is 5.95. The zero-order valence-corrected chi connectivity index (χ0v) is 12.1. The van der Waals surface area contributed by atoms with Crippen molar-refractivity contribution < 1.29 is 9.18 Å². The fraction of sp³-hybridized carbons (Fsp3) is 0.250. The number of hydrogen-bond acceptors (Lipinski definition) is 4. The molecule has 0 amide bonds. The average Bonchev–Trinajstić information content (AvgIpc) is 3.20. The van der Waals surface area contributed by atoms with E-state index in [0.29, 0.717) is 23.6 Å². The molecule has 6 nitrogen and oxygen atoms in total. The van der Waals surface area contributed by atoms with Crippen molar-refractivity contribution in [2.45, 2.75) is 19.4 Å². The summed E-state index contributed by atoms with van der Waals surface area (Å²) in [6, 6.07) is 4.52. The van der Waals surface area contributed by atoms with Crippen LogP contribution in [0.1, 0.15) is 29.0 Å². The fourth-order valence-corrected chi connectivity index (χ4v) is 3.10. The van der Waals surface area contributed by atoms with Gasteiger partial charge in [0.1, 0.15) is 24.2 Å². The number of fused-ring (bicyclic) bond motifs is 5. The van der Waals surface area contributed by atoms with Crippen LogP contribution in [0.2, 0.25) is 0 Å². The van der Waals surface area contributed by atoms with Crippen molar-refractivity contribution >= 4 is 5.78 Å². The first-order valence-electron chi connectivity index (χ1n) is 7.51. The molecule has 23 heavy (non-hydrogen) atoms. The molecule has 0 atom stereocenters. The largest absolute Gasteiger partial charge is 0.300 e. The highest BCUT2D eigenvalue weighted by molar-refractivity contribution is 5.99. The molecule has 114 valence electrons. The SMILES string of the molecule is O=C(c1ncn2c1Cn1ncnc1-c1cc(F)ccc1-2)C1CC1. The molecule has 5 rings (SSSR count). The molecule has 1 saturated carbocycles. The third-order valence-corrected chi connectivity index (χ3v) is 4.42. The summed E-state index contributed by atoms with van der Waals surface area (Å²) < 4.78 is 17.2. The molecule has 0 N–H and O–H groups in total. The van der Waals surface area contributed by atoms with Gasteiger partial charge in [0.25, 0.3) is 0 Å². The number of hydrogen-bond donors (Lipinski definition) is 0. The summed E-state index contributed by atoms with van der Waals surface area (Å²) in [4.78, 5) is 21.1. The summed E-state index contributed by atoms with van der Waals surface area (Å²) in [5.74, 6) is 0.441. The number of carbonyl (C=O) groups is 1. The van der Waals surface area contributed by atoms with E-state index in [1.54, 1.807) is 17.1 Å². The quantitative estimate of drug-likeness (QED) is 0.533. The van der Waals surface area contributed by atoms with Gasteiger partial charge in [-0.05, 0) is 31.0 Å². The molecule has 2 aliphatic rings. The molecule has 0 saturated heterocycles. The minimum atomic E-state index is -0.337. The lowest BCUT2D eigenvalue weighted by Crippen LogP contribution is -2.11. The topological polar surface area (TPSA) is 65.6 Å². The number of nitrogens with zero attached hydrogens (tertiary/aromatic N) is 5. The van der Waals surface area contributed by atoms with Crippen LogP contribution in [0.25, 0.3) is 17.1 Å². The number of rotatable bonds is 2. The lowest BCUT2D eigenvalue weighted by atomic mass is 10.1. The molecule has 1 aliphatic heterocycles. The molecule has 1 aromatic carbocycles. The van der Waals surface area contributed by atoms with Gasteiger partial charge >= 0.3 is 0 Å². The van der Waals surface area contributed by atoms with Crippen molar-refractivity contribution in [1.82, 2.24) is 24.3 Å². The van der Waals surface area contributed by atoms with Crippen LogP contribution in [0, 0.1) is 11.7 Å². The first-order chi connectivity index (χ1) is 11.2. The summed E-state index contributed by atoms with van der Waals surface area (Å²) in [6.45, 7) is 0.388. The Morgan fingerprint density at radius 2 is 2.13 bits per heavy atom. The molecule has 0 unspecified atom stereocenters. The minimum Gasteiger partial charge on any atom is -0.300 e. The average molecular weight is 309 g/mol. The zero-order valence-electron chi connectivity index (χ0n) is 12.1. The Morgan fingerprint density at radius 3 is 2.96 bits per heavy atom. The predicted octanol–water partition coefficient (Wildman–Crippen LogP) is 2.22. The predicted molar refractivity (Wildman–Crippen MR) is 78.7 cm³/mol. The van der Waals surface area contributed by atoms with Crippen LogP contribution in [-0.4, -0.2) is 30.1 Å². The first kappa shape index (κ1) is 12.7. The first-order valence-corrected chi connectivity index (χ1v) is 7.51. The molecule has 0 radical (unpaired) electrons. The molecule has 7 heteroatoms. The molecule has 3 heterocycles. The maximum absolute atomic E-state index is 13.7. The second kappa shape index (κ2) is 4.34. The molecule has 2 aromatic heterocycles.